The van der Waals surface area contributed by atoms with E-state index in [2.05, 4.69) is 35.3 Å². The summed E-state index contributed by atoms with van der Waals surface area (Å²) in [6.07, 6.45) is 0. The first-order valence-electron chi connectivity index (χ1n) is 6.01. The van der Waals surface area contributed by atoms with Crippen molar-refractivity contribution in [3.63, 3.8) is 0 Å². The quantitative estimate of drug-likeness (QED) is 0.842. The van der Waals surface area contributed by atoms with E-state index in [1.54, 1.807) is 0 Å². The predicted molar refractivity (Wildman–Crippen MR) is 67.3 cm³/mol. The molecule has 1 aromatic rings. The average molecular weight is 220 g/mol. The van der Waals surface area contributed by atoms with Crippen molar-refractivity contribution in [1.29, 1.82) is 0 Å². The first-order chi connectivity index (χ1) is 7.79. The molecule has 3 heteroatoms. The van der Waals surface area contributed by atoms with Crippen LogP contribution in [0, 0.1) is 0 Å². The standard InChI is InChI=1S/C13H20N2O/c1-3-16-13-6-4-5-12(9-13)15-8-7-14-11(2)10-15/h4-6,9,11,14H,3,7-8,10H2,1-2H3. The van der Waals surface area contributed by atoms with Crippen molar-refractivity contribution in [1.82, 2.24) is 5.32 Å². The Kier molecular flexibility index (Phi) is 3.67. The molecule has 3 nitrogen and oxygen atoms in total. The molecule has 0 radical (unpaired) electrons. The van der Waals surface area contributed by atoms with Crippen molar-refractivity contribution >= 4 is 5.69 Å². The monoisotopic (exact) mass is 220 g/mol. The average Bonchev–Trinajstić information content (AvgIpc) is 2.30. The van der Waals surface area contributed by atoms with Gasteiger partial charge in [-0.3, -0.25) is 0 Å². The third kappa shape index (κ3) is 2.67. The molecule has 1 heterocycles. The maximum Gasteiger partial charge on any atom is 0.121 e. The highest BCUT2D eigenvalue weighted by molar-refractivity contribution is 5.51. The molecule has 1 N–H and O–H groups in total. The molecule has 0 amide bonds. The molecule has 0 aliphatic carbocycles. The van der Waals surface area contributed by atoms with E-state index in [4.69, 9.17) is 4.74 Å². The second kappa shape index (κ2) is 5.21. The fourth-order valence-electron chi connectivity index (χ4n) is 2.10. The van der Waals surface area contributed by atoms with E-state index < -0.39 is 0 Å². The minimum absolute atomic E-state index is 0.560. The molecule has 1 fully saturated rings. The van der Waals surface area contributed by atoms with E-state index in [0.29, 0.717) is 6.04 Å². The zero-order chi connectivity index (χ0) is 11.4. The van der Waals surface area contributed by atoms with Gasteiger partial charge in [0.1, 0.15) is 5.75 Å². The van der Waals surface area contributed by atoms with Crippen LogP contribution in [-0.2, 0) is 0 Å². The van der Waals surface area contributed by atoms with Crippen LogP contribution in [0.15, 0.2) is 24.3 Å². The number of piperazine rings is 1. The molecule has 1 aliphatic heterocycles. The Morgan fingerprint density at radius 2 is 2.38 bits per heavy atom. The third-order valence-electron chi connectivity index (χ3n) is 2.86. The lowest BCUT2D eigenvalue weighted by Gasteiger charge is -2.33. The zero-order valence-corrected chi connectivity index (χ0v) is 10.1. The normalized spacial score (nSPS) is 20.9. The Bertz CT molecular complexity index is 340. The van der Waals surface area contributed by atoms with Crippen LogP contribution in [0.5, 0.6) is 5.75 Å². The Hall–Kier alpha value is -1.22. The second-order valence-corrected chi connectivity index (χ2v) is 4.23. The Morgan fingerprint density at radius 1 is 1.50 bits per heavy atom. The van der Waals surface area contributed by atoms with Gasteiger partial charge < -0.3 is 15.0 Å². The van der Waals surface area contributed by atoms with E-state index in [1.807, 2.05) is 13.0 Å². The molecule has 1 aromatic carbocycles. The molecule has 88 valence electrons. The van der Waals surface area contributed by atoms with Gasteiger partial charge in [-0.15, -0.1) is 0 Å². The summed E-state index contributed by atoms with van der Waals surface area (Å²) in [6, 6.07) is 8.91. The van der Waals surface area contributed by atoms with Crippen molar-refractivity contribution in [3.05, 3.63) is 24.3 Å². The molecule has 1 saturated heterocycles. The van der Waals surface area contributed by atoms with Crippen LogP contribution >= 0.6 is 0 Å². The van der Waals surface area contributed by atoms with Crippen LogP contribution in [0.1, 0.15) is 13.8 Å². The topological polar surface area (TPSA) is 24.5 Å². The Labute approximate surface area is 97.4 Å². The highest BCUT2D eigenvalue weighted by Gasteiger charge is 2.15. The highest BCUT2D eigenvalue weighted by Crippen LogP contribution is 2.22. The number of ether oxygens (including phenoxy) is 1. The number of nitrogens with one attached hydrogen (secondary N) is 1. The highest BCUT2D eigenvalue weighted by atomic mass is 16.5. The van der Waals surface area contributed by atoms with Gasteiger partial charge in [0.2, 0.25) is 0 Å². The summed E-state index contributed by atoms with van der Waals surface area (Å²) >= 11 is 0. The van der Waals surface area contributed by atoms with Crippen molar-refractivity contribution in [2.75, 3.05) is 31.1 Å². The fourth-order valence-corrected chi connectivity index (χ4v) is 2.10. The summed E-state index contributed by atoms with van der Waals surface area (Å²) in [6.45, 7) is 8.15. The van der Waals surface area contributed by atoms with Gasteiger partial charge in [0.25, 0.3) is 0 Å². The SMILES string of the molecule is CCOc1cccc(N2CCNC(C)C2)c1. The molecule has 2 rings (SSSR count). The maximum absolute atomic E-state index is 5.52. The summed E-state index contributed by atoms with van der Waals surface area (Å²) < 4.78 is 5.52. The number of rotatable bonds is 3. The number of nitrogens with zero attached hydrogens (tertiary/aromatic N) is 1. The van der Waals surface area contributed by atoms with Gasteiger partial charge in [-0.05, 0) is 26.0 Å². The van der Waals surface area contributed by atoms with Gasteiger partial charge in [-0.25, -0.2) is 0 Å². The molecule has 0 saturated carbocycles. The maximum atomic E-state index is 5.52. The lowest BCUT2D eigenvalue weighted by Crippen LogP contribution is -2.49. The molecule has 0 spiro atoms. The molecule has 1 unspecified atom stereocenters. The van der Waals surface area contributed by atoms with Crippen LogP contribution in [0.2, 0.25) is 0 Å². The Morgan fingerprint density at radius 3 is 3.12 bits per heavy atom. The summed E-state index contributed by atoms with van der Waals surface area (Å²) in [4.78, 5) is 2.41. The van der Waals surface area contributed by atoms with Crippen LogP contribution in [-0.4, -0.2) is 32.3 Å². The third-order valence-corrected chi connectivity index (χ3v) is 2.86. The fraction of sp³-hybridized carbons (Fsp3) is 0.538. The zero-order valence-electron chi connectivity index (χ0n) is 10.1. The van der Waals surface area contributed by atoms with E-state index in [1.165, 1.54) is 5.69 Å². The molecule has 16 heavy (non-hydrogen) atoms. The van der Waals surface area contributed by atoms with Crippen LogP contribution in [0.25, 0.3) is 0 Å². The molecular weight excluding hydrogens is 200 g/mol. The van der Waals surface area contributed by atoms with Crippen molar-refractivity contribution in [3.8, 4) is 5.75 Å². The van der Waals surface area contributed by atoms with Gasteiger partial charge in [-0.2, -0.15) is 0 Å². The molecule has 0 bridgehead atoms. The number of benzene rings is 1. The van der Waals surface area contributed by atoms with Gasteiger partial charge >= 0.3 is 0 Å². The molecule has 0 aromatic heterocycles. The Balaban J connectivity index is 2.09. The minimum Gasteiger partial charge on any atom is -0.494 e. The lowest BCUT2D eigenvalue weighted by atomic mass is 10.2. The van der Waals surface area contributed by atoms with Crippen molar-refractivity contribution < 1.29 is 4.74 Å². The summed E-state index contributed by atoms with van der Waals surface area (Å²) in [5.74, 6) is 0.964. The van der Waals surface area contributed by atoms with Crippen LogP contribution in [0.4, 0.5) is 5.69 Å². The second-order valence-electron chi connectivity index (χ2n) is 4.23. The van der Waals surface area contributed by atoms with E-state index in [0.717, 1.165) is 32.0 Å². The first kappa shape index (κ1) is 11.3. The molecule has 1 aliphatic rings. The van der Waals surface area contributed by atoms with E-state index >= 15 is 0 Å². The number of hydrogen-bond acceptors (Lipinski definition) is 3. The van der Waals surface area contributed by atoms with Crippen LogP contribution < -0.4 is 15.0 Å². The smallest absolute Gasteiger partial charge is 0.121 e. The van der Waals surface area contributed by atoms with Gasteiger partial charge in [-0.1, -0.05) is 6.07 Å². The number of anilines is 1. The van der Waals surface area contributed by atoms with Crippen molar-refractivity contribution in [2.24, 2.45) is 0 Å². The van der Waals surface area contributed by atoms with E-state index in [9.17, 15) is 0 Å². The van der Waals surface area contributed by atoms with Crippen LogP contribution in [0.3, 0.4) is 0 Å². The molecular formula is C13H20N2O. The largest absolute Gasteiger partial charge is 0.494 e. The summed E-state index contributed by atoms with van der Waals surface area (Å²) in [5, 5.41) is 3.45. The van der Waals surface area contributed by atoms with Gasteiger partial charge in [0, 0.05) is 37.4 Å². The number of hydrogen-bond donors (Lipinski definition) is 1. The molecule has 1 atom stereocenters. The van der Waals surface area contributed by atoms with Gasteiger partial charge in [0.05, 0.1) is 6.61 Å². The van der Waals surface area contributed by atoms with Gasteiger partial charge in [0.15, 0.2) is 0 Å². The summed E-state index contributed by atoms with van der Waals surface area (Å²) in [7, 11) is 0. The van der Waals surface area contributed by atoms with E-state index in [-0.39, 0.29) is 0 Å². The lowest BCUT2D eigenvalue weighted by molar-refractivity contribution is 0.340. The predicted octanol–water partition coefficient (Wildman–Crippen LogP) is 1.88. The summed E-state index contributed by atoms with van der Waals surface area (Å²) in [5.41, 5.74) is 1.26. The minimum atomic E-state index is 0.560. The van der Waals surface area contributed by atoms with Crippen molar-refractivity contribution in [2.45, 2.75) is 19.9 Å². The first-order valence-corrected chi connectivity index (χ1v) is 6.01.